The lowest BCUT2D eigenvalue weighted by Crippen LogP contribution is -2.47. The van der Waals surface area contributed by atoms with E-state index in [4.69, 9.17) is 4.74 Å². The van der Waals surface area contributed by atoms with Crippen LogP contribution in [0.3, 0.4) is 0 Å². The number of hydrogen-bond acceptors (Lipinski definition) is 3. The van der Waals surface area contributed by atoms with Gasteiger partial charge >= 0.3 is 0 Å². The number of fused-ring (bicyclic) bond motifs is 3. The van der Waals surface area contributed by atoms with E-state index >= 15 is 0 Å². The minimum absolute atomic E-state index is 0.178. The van der Waals surface area contributed by atoms with Crippen molar-refractivity contribution in [2.45, 2.75) is 37.6 Å². The van der Waals surface area contributed by atoms with Crippen molar-refractivity contribution in [3.63, 3.8) is 0 Å². The fraction of sp³-hybridized carbons (Fsp3) is 0.409. The molecule has 0 saturated carbocycles. The molecule has 1 atom stereocenters. The maximum Gasteiger partial charge on any atom is 0.235 e. The molecule has 2 aromatic carbocycles. The topological polar surface area (TPSA) is 41.6 Å². The van der Waals surface area contributed by atoms with Crippen molar-refractivity contribution in [2.75, 3.05) is 25.0 Å². The number of carbonyl (C=O) groups excluding carboxylic acids is 1. The van der Waals surface area contributed by atoms with E-state index in [0.717, 1.165) is 50.4 Å². The first-order valence-electron chi connectivity index (χ1n) is 9.58. The molecule has 134 valence electrons. The van der Waals surface area contributed by atoms with E-state index < -0.39 is 0 Å². The number of para-hydroxylation sites is 1. The van der Waals surface area contributed by atoms with E-state index in [1.807, 2.05) is 18.2 Å². The van der Waals surface area contributed by atoms with Crippen LogP contribution in [0.15, 0.2) is 42.5 Å². The summed E-state index contributed by atoms with van der Waals surface area (Å²) in [5.74, 6) is 1.23. The minimum Gasteiger partial charge on any atom is -0.493 e. The van der Waals surface area contributed by atoms with Gasteiger partial charge in [-0.3, -0.25) is 9.69 Å². The number of nitrogens with zero attached hydrogens (tertiary/aromatic N) is 1. The second kappa shape index (κ2) is 5.85. The molecule has 0 aliphatic carbocycles. The van der Waals surface area contributed by atoms with Crippen LogP contribution in [0, 0.1) is 0 Å². The van der Waals surface area contributed by atoms with Crippen LogP contribution in [-0.2, 0) is 16.6 Å². The third-order valence-electron chi connectivity index (χ3n) is 6.53. The van der Waals surface area contributed by atoms with Crippen LogP contribution in [0.1, 0.15) is 42.5 Å². The van der Waals surface area contributed by atoms with Gasteiger partial charge in [0, 0.05) is 31.2 Å². The van der Waals surface area contributed by atoms with Crippen molar-refractivity contribution in [1.82, 2.24) is 4.90 Å². The van der Waals surface area contributed by atoms with Gasteiger partial charge in [0.15, 0.2) is 0 Å². The van der Waals surface area contributed by atoms with Crippen molar-refractivity contribution in [3.05, 3.63) is 59.2 Å². The molecule has 3 heterocycles. The summed E-state index contributed by atoms with van der Waals surface area (Å²) < 4.78 is 5.73. The van der Waals surface area contributed by atoms with Gasteiger partial charge in [0.05, 0.1) is 12.0 Å². The number of likely N-dealkylation sites (tertiary alicyclic amines) is 1. The molecule has 4 nitrogen and oxygen atoms in total. The van der Waals surface area contributed by atoms with E-state index in [-0.39, 0.29) is 11.3 Å². The number of hydrogen-bond donors (Lipinski definition) is 1. The molecule has 4 heteroatoms. The Balaban J connectivity index is 1.35. The average Bonchev–Trinajstić information content (AvgIpc) is 3.25. The van der Waals surface area contributed by atoms with E-state index in [1.54, 1.807) is 0 Å². The summed E-state index contributed by atoms with van der Waals surface area (Å²) in [5, 5.41) is 3.09. The highest BCUT2D eigenvalue weighted by Gasteiger charge is 2.48. The molecule has 0 unspecified atom stereocenters. The summed E-state index contributed by atoms with van der Waals surface area (Å²) in [6.45, 7) is 4.92. The standard InChI is InChI=1S/C22H24N2O2/c1-15(17-7-6-16-8-13-26-20(16)14-17)24-11-9-22(10-12-24)18-4-2-3-5-19(18)23-21(22)25/h2-7,14-15H,8-13H2,1H3,(H,23,25)/t15-/m1/s1. The lowest BCUT2D eigenvalue weighted by Gasteiger charge is -2.40. The summed E-state index contributed by atoms with van der Waals surface area (Å²) in [5.41, 5.74) is 4.46. The van der Waals surface area contributed by atoms with Crippen LogP contribution in [-0.4, -0.2) is 30.5 Å². The van der Waals surface area contributed by atoms with E-state index in [1.165, 1.54) is 16.7 Å². The fourth-order valence-electron chi connectivity index (χ4n) is 4.82. The highest BCUT2D eigenvalue weighted by molar-refractivity contribution is 6.06. The van der Waals surface area contributed by atoms with Crippen LogP contribution < -0.4 is 10.1 Å². The largest absolute Gasteiger partial charge is 0.493 e. The van der Waals surface area contributed by atoms with Gasteiger partial charge in [0.25, 0.3) is 0 Å². The average molecular weight is 348 g/mol. The van der Waals surface area contributed by atoms with Crippen molar-refractivity contribution in [1.29, 1.82) is 0 Å². The number of piperidine rings is 1. The van der Waals surface area contributed by atoms with Gasteiger partial charge in [-0.15, -0.1) is 0 Å². The zero-order valence-corrected chi connectivity index (χ0v) is 15.1. The Morgan fingerprint density at radius 2 is 1.96 bits per heavy atom. The second-order valence-electron chi connectivity index (χ2n) is 7.76. The Kier molecular flexibility index (Phi) is 3.57. The van der Waals surface area contributed by atoms with E-state index in [0.29, 0.717) is 6.04 Å². The summed E-state index contributed by atoms with van der Waals surface area (Å²) in [6.07, 6.45) is 2.77. The first-order valence-corrected chi connectivity index (χ1v) is 9.58. The van der Waals surface area contributed by atoms with Gasteiger partial charge in [-0.2, -0.15) is 0 Å². The molecule has 26 heavy (non-hydrogen) atoms. The van der Waals surface area contributed by atoms with Gasteiger partial charge in [0.2, 0.25) is 5.91 Å². The van der Waals surface area contributed by atoms with Crippen molar-refractivity contribution in [2.24, 2.45) is 0 Å². The Bertz CT molecular complexity index is 868. The lowest BCUT2D eigenvalue weighted by atomic mass is 9.73. The van der Waals surface area contributed by atoms with Gasteiger partial charge < -0.3 is 10.1 Å². The third-order valence-corrected chi connectivity index (χ3v) is 6.53. The van der Waals surface area contributed by atoms with Crippen LogP contribution in [0.5, 0.6) is 5.75 Å². The SMILES string of the molecule is C[C@H](c1ccc2c(c1)OCC2)N1CCC2(CC1)C(=O)Nc1ccccc12. The van der Waals surface area contributed by atoms with E-state index in [2.05, 4.69) is 41.4 Å². The Morgan fingerprint density at radius 3 is 2.81 bits per heavy atom. The number of rotatable bonds is 2. The minimum atomic E-state index is -0.339. The maximum atomic E-state index is 12.7. The molecule has 2 aromatic rings. The smallest absolute Gasteiger partial charge is 0.235 e. The predicted molar refractivity (Wildman–Crippen MR) is 102 cm³/mol. The van der Waals surface area contributed by atoms with Crippen LogP contribution in [0.25, 0.3) is 0 Å². The summed E-state index contributed by atoms with van der Waals surface area (Å²) in [6, 6.07) is 15.1. The quantitative estimate of drug-likeness (QED) is 0.900. The lowest BCUT2D eigenvalue weighted by molar-refractivity contribution is -0.122. The Morgan fingerprint density at radius 1 is 1.15 bits per heavy atom. The van der Waals surface area contributed by atoms with Crippen molar-refractivity contribution >= 4 is 11.6 Å². The highest BCUT2D eigenvalue weighted by Crippen LogP contribution is 2.46. The number of nitrogens with one attached hydrogen (secondary N) is 1. The molecule has 0 aromatic heterocycles. The molecule has 0 bridgehead atoms. The Hall–Kier alpha value is -2.33. The summed E-state index contributed by atoms with van der Waals surface area (Å²) >= 11 is 0. The number of carbonyl (C=O) groups is 1. The zero-order valence-electron chi connectivity index (χ0n) is 15.1. The van der Waals surface area contributed by atoms with Crippen molar-refractivity contribution in [3.8, 4) is 5.75 Å². The van der Waals surface area contributed by atoms with E-state index in [9.17, 15) is 4.79 Å². The van der Waals surface area contributed by atoms with Gasteiger partial charge in [0.1, 0.15) is 5.75 Å². The fourth-order valence-corrected chi connectivity index (χ4v) is 4.82. The molecule has 1 fully saturated rings. The first-order chi connectivity index (χ1) is 12.7. The van der Waals surface area contributed by atoms with Gasteiger partial charge in [-0.25, -0.2) is 0 Å². The maximum absolute atomic E-state index is 12.7. The van der Waals surface area contributed by atoms with Gasteiger partial charge in [-0.1, -0.05) is 30.3 Å². The normalized spacial score (nSPS) is 21.8. The predicted octanol–water partition coefficient (Wildman–Crippen LogP) is 3.67. The van der Waals surface area contributed by atoms with Crippen LogP contribution in [0.2, 0.25) is 0 Å². The molecular weight excluding hydrogens is 324 g/mol. The molecule has 5 rings (SSSR count). The summed E-state index contributed by atoms with van der Waals surface area (Å²) in [4.78, 5) is 15.2. The van der Waals surface area contributed by atoms with Crippen molar-refractivity contribution < 1.29 is 9.53 Å². The Labute approximate surface area is 154 Å². The molecule has 1 N–H and O–H groups in total. The molecule has 3 aliphatic heterocycles. The zero-order chi connectivity index (χ0) is 17.7. The highest BCUT2D eigenvalue weighted by atomic mass is 16.5. The molecule has 1 amide bonds. The molecule has 0 radical (unpaired) electrons. The number of anilines is 1. The number of ether oxygens (including phenoxy) is 1. The van der Waals surface area contributed by atoms with Crippen LogP contribution in [0.4, 0.5) is 5.69 Å². The molecule has 3 aliphatic rings. The number of benzene rings is 2. The first kappa shape index (κ1) is 15.9. The van der Waals surface area contributed by atoms with Crippen LogP contribution >= 0.6 is 0 Å². The van der Waals surface area contributed by atoms with Gasteiger partial charge in [-0.05, 0) is 48.6 Å². The monoisotopic (exact) mass is 348 g/mol. The second-order valence-corrected chi connectivity index (χ2v) is 7.76. The number of amides is 1. The molecular formula is C22H24N2O2. The molecule has 1 spiro atoms. The third kappa shape index (κ3) is 2.28. The summed E-state index contributed by atoms with van der Waals surface area (Å²) in [7, 11) is 0. The molecule has 1 saturated heterocycles.